The molecule has 0 spiro atoms. The number of hydrogen-bond acceptors (Lipinski definition) is 32. The molecule has 9 N–H and O–H groups in total. The highest BCUT2D eigenvalue weighted by atomic mass is 35.5. The molecule has 5 fully saturated rings. The minimum absolute atomic E-state index is 0.130. The number of nitrogen functional groups attached to an aromatic ring is 3. The summed E-state index contributed by atoms with van der Waals surface area (Å²) in [5.74, 6) is 2.34. The Bertz CT molecular complexity index is 5490. The molecule has 0 amide bonds. The van der Waals surface area contributed by atoms with Gasteiger partial charge in [0.25, 0.3) is 12.0 Å². The number of H-pyrrole nitrogens is 1. The zero-order valence-electron chi connectivity index (χ0n) is 66.1. The first kappa shape index (κ1) is 86.5. The van der Waals surface area contributed by atoms with Gasteiger partial charge in [-0.25, -0.2) is 19.3 Å². The predicted molar refractivity (Wildman–Crippen MR) is 451 cm³/mol. The number of ether oxygens (including phenoxy) is 5. The van der Waals surface area contributed by atoms with Crippen LogP contribution in [0.3, 0.4) is 0 Å². The summed E-state index contributed by atoms with van der Waals surface area (Å²) in [5.41, 5.74) is 26.5. The second-order valence-corrected chi connectivity index (χ2v) is 29.0. The number of hydrogen-bond donors (Lipinski definition) is 6. The number of oxazole rings is 2. The molecular formula is C79H93BCl2N26O11. The predicted octanol–water partition coefficient (Wildman–Crippen LogP) is 7.69. The van der Waals surface area contributed by atoms with E-state index in [-0.39, 0.29) is 36.9 Å². The van der Waals surface area contributed by atoms with E-state index in [9.17, 15) is 0 Å². The van der Waals surface area contributed by atoms with E-state index < -0.39 is 11.2 Å². The molecule has 5 aliphatic rings. The van der Waals surface area contributed by atoms with E-state index in [0.717, 1.165) is 165 Å². The average molecular weight is 1660 g/mol. The number of nitrogens with one attached hydrogen (secondary N) is 1. The van der Waals surface area contributed by atoms with E-state index in [0.29, 0.717) is 64.7 Å². The number of rotatable bonds is 10. The molecule has 2 atom stereocenters. The lowest BCUT2D eigenvalue weighted by atomic mass is 9.90. The summed E-state index contributed by atoms with van der Waals surface area (Å²) in [6.07, 6.45) is 7.74. The fourth-order valence-electron chi connectivity index (χ4n) is 12.5. The Kier molecular flexibility index (Phi) is 30.6. The number of aromatic nitrogens is 19. The highest BCUT2D eigenvalue weighted by molar-refractivity contribution is 6.33. The molecule has 40 heteroatoms. The van der Waals surface area contributed by atoms with Crippen LogP contribution in [-0.2, 0) is 33.3 Å². The van der Waals surface area contributed by atoms with E-state index in [1.807, 2.05) is 114 Å². The molecule has 15 heterocycles. The molecule has 37 nitrogen and oxygen atoms in total. The van der Waals surface area contributed by atoms with Gasteiger partial charge >= 0.3 is 0 Å². The van der Waals surface area contributed by atoms with E-state index >= 15 is 0 Å². The van der Waals surface area contributed by atoms with Gasteiger partial charge in [0, 0.05) is 71.1 Å². The largest absolute Gasteiger partial charge is 0.424 e. The van der Waals surface area contributed by atoms with Crippen molar-refractivity contribution in [2.24, 2.45) is 0 Å². The van der Waals surface area contributed by atoms with Crippen LogP contribution in [0.15, 0.2) is 167 Å². The van der Waals surface area contributed by atoms with Crippen LogP contribution >= 0.6 is 23.2 Å². The van der Waals surface area contributed by atoms with Crippen molar-refractivity contribution >= 4 is 145 Å². The first-order chi connectivity index (χ1) is 57.7. The molecular weight excluding hydrogens is 1570 g/mol. The maximum Gasteiger partial charge on any atom is 0.292 e. The molecule has 5 saturated heterocycles. The quantitative estimate of drug-likeness (QED) is 0.0434. The van der Waals surface area contributed by atoms with Gasteiger partial charge < -0.3 is 69.7 Å². The number of nitrogens with two attached hydrogens (primary N) is 3. The van der Waals surface area contributed by atoms with Gasteiger partial charge in [0.15, 0.2) is 51.8 Å². The normalized spacial score (nSPS) is 15.7. The van der Waals surface area contributed by atoms with Crippen LogP contribution < -0.4 is 32.5 Å². The zero-order chi connectivity index (χ0) is 83.7. The fraction of sp³-hybridized carbons (Fsp3) is 0.367. The molecule has 20 rings (SSSR count). The van der Waals surface area contributed by atoms with Crippen molar-refractivity contribution < 1.29 is 52.3 Å². The molecule has 119 heavy (non-hydrogen) atoms. The smallest absolute Gasteiger partial charge is 0.292 e. The Hall–Kier alpha value is -11.8. The standard InChI is InChI=1S/C22H26N8O2.C17H16N6O2.C10H11ClN4O.C7H5BN2O.C6H5N3.C6H14O2.C5H10O.C4H4ClN3.C2H2O2/c1-3-7-19-17(5-1)23-25-29(19)21(27-9-13-31-14-10-27)22(28-11-15-32-16-12-28)30-20-8-4-2-6-18(20)24-26-30;18-17-20-13-9-11(1-3-14(13)25-17)12-2-4-15-19-10-16(23(15)21-12)22-5-7-24-8-6-22;11-8-1-2-9-12-7-10(15(9)13-8)14-3-5-16-6-4-14;8-4-1-2-6-5(3-4)10-7(9)11-6;1-2-4-6-5(3-1)7-9-8-6;1-5(2,7)6(3,4)8;1-2-4-6-5-3-1;5-3-1-2-4(6)8-7-3;3-1-2-4/h1-8,21-22H,9-16H2;1-4,9-10H,5-8H2,(H2,18,20);1-2,7H,3-6H2;1-3H,(H2,9,10);1-4H,(H,7,8,9);7-8H,1-4H3;1-5H2;1-2H,(H2,6,8);1-2H. The van der Waals surface area contributed by atoms with Crippen molar-refractivity contribution in [3.8, 4) is 11.3 Å². The Morgan fingerprint density at radius 3 is 1.35 bits per heavy atom. The van der Waals surface area contributed by atoms with Crippen molar-refractivity contribution in [3.05, 3.63) is 168 Å². The van der Waals surface area contributed by atoms with E-state index in [1.165, 1.54) is 19.3 Å². The van der Waals surface area contributed by atoms with Crippen molar-refractivity contribution in [2.45, 2.75) is 70.5 Å². The second kappa shape index (κ2) is 42.0. The van der Waals surface area contributed by atoms with Crippen LogP contribution in [0.2, 0.25) is 10.3 Å². The number of aliphatic hydroxyl groups is 2. The lowest BCUT2D eigenvalue weighted by Gasteiger charge is -2.44. The van der Waals surface area contributed by atoms with Gasteiger partial charge in [-0.15, -0.1) is 20.4 Å². The van der Waals surface area contributed by atoms with Crippen molar-refractivity contribution in [1.82, 2.24) is 105 Å². The SMILES string of the molecule is C1CCOCC1.CC(C)(O)C(C)(C)O.Clc1ccc2ncc(N3CCOCC3)n2n1.Nc1ccc(Cl)nn1.Nc1nc2cc(-c3ccc4ncc(N5CCOCC5)n4n3)ccc2o1.O=CC=O.[B]c1ccc2oc(N)nc2c1.c1ccc2c(c1)nnn2C(C(N1CCOCC1)n1nnc2ccccc21)N1CCOCC1.c1ccc2n[nH]nc2c1. The van der Waals surface area contributed by atoms with E-state index in [1.54, 1.807) is 68.6 Å². The number of aldehydes is 2. The summed E-state index contributed by atoms with van der Waals surface area (Å²) in [6, 6.07) is 45.9. The van der Waals surface area contributed by atoms with Gasteiger partial charge in [-0.2, -0.15) is 44.6 Å². The summed E-state index contributed by atoms with van der Waals surface area (Å²) in [5, 5.41) is 63.5. The Morgan fingerprint density at radius 1 is 0.471 bits per heavy atom. The monoisotopic (exact) mass is 1660 g/mol. The number of morpholine rings is 4. The highest BCUT2D eigenvalue weighted by Gasteiger charge is 2.40. The number of benzene rings is 5. The third kappa shape index (κ3) is 23.6. The van der Waals surface area contributed by atoms with Gasteiger partial charge in [0.1, 0.15) is 64.2 Å². The number of imidazole rings is 2. The van der Waals surface area contributed by atoms with Crippen molar-refractivity contribution in [2.75, 3.05) is 145 Å². The van der Waals surface area contributed by atoms with Crippen LogP contribution in [0.1, 0.15) is 59.3 Å². The number of halogens is 2. The molecule has 0 aliphatic carbocycles. The number of carbonyl (C=O) groups excluding carboxylic acids is 2. The summed E-state index contributed by atoms with van der Waals surface area (Å²) in [7, 11) is 5.51. The lowest BCUT2D eigenvalue weighted by Crippen LogP contribution is -2.52. The zero-order valence-corrected chi connectivity index (χ0v) is 67.7. The maximum atomic E-state index is 9.10. The van der Waals surface area contributed by atoms with Gasteiger partial charge in [-0.05, 0) is 150 Å². The molecule has 0 bridgehead atoms. The van der Waals surface area contributed by atoms with Gasteiger partial charge in [-0.1, -0.05) is 81.6 Å². The lowest BCUT2D eigenvalue weighted by molar-refractivity contribution is -0.122. The maximum absolute atomic E-state index is 9.10. The minimum atomic E-state index is -1.01. The molecule has 15 aromatic rings. The molecule has 5 aromatic carbocycles. The number of anilines is 5. The van der Waals surface area contributed by atoms with Gasteiger partial charge in [-0.3, -0.25) is 19.4 Å². The number of nitrogens with zero attached hydrogens (tertiary/aromatic N) is 22. The first-order valence-electron chi connectivity index (χ1n) is 38.4. The molecule has 10 aromatic heterocycles. The summed E-state index contributed by atoms with van der Waals surface area (Å²) < 4.78 is 45.3. The second-order valence-electron chi connectivity index (χ2n) is 28.2. The molecule has 5 aliphatic heterocycles. The van der Waals surface area contributed by atoms with E-state index in [4.69, 9.17) is 106 Å². The fourth-order valence-corrected chi connectivity index (χ4v) is 12.8. The number of para-hydroxylation sites is 4. The summed E-state index contributed by atoms with van der Waals surface area (Å²) in [6.45, 7) is 20.6. The van der Waals surface area contributed by atoms with Crippen molar-refractivity contribution in [3.63, 3.8) is 0 Å². The molecule has 2 unspecified atom stereocenters. The third-order valence-corrected chi connectivity index (χ3v) is 19.7. The van der Waals surface area contributed by atoms with Crippen LogP contribution in [0.25, 0.3) is 77.9 Å². The minimum Gasteiger partial charge on any atom is -0.424 e. The van der Waals surface area contributed by atoms with Gasteiger partial charge in [0.2, 0.25) is 0 Å². The number of aromatic amines is 1. The molecule has 0 saturated carbocycles. The Balaban J connectivity index is 0.000000132. The third-order valence-electron chi connectivity index (χ3n) is 19.3. The van der Waals surface area contributed by atoms with Crippen LogP contribution in [0.4, 0.5) is 29.5 Å². The average Bonchev–Trinajstić information content (AvgIpc) is 1.65. The number of fused-ring (bicyclic) bond motifs is 7. The van der Waals surface area contributed by atoms with Gasteiger partial charge in [0.05, 0.1) is 93.2 Å². The number of carbonyl (C=O) groups is 2. The van der Waals surface area contributed by atoms with E-state index in [2.05, 4.69) is 112 Å². The summed E-state index contributed by atoms with van der Waals surface area (Å²) in [4.78, 5) is 43.8. The van der Waals surface area contributed by atoms with Crippen LogP contribution in [-0.4, -0.2) is 265 Å². The van der Waals surface area contributed by atoms with Crippen molar-refractivity contribution in [1.29, 1.82) is 0 Å². The topological polar surface area (TPSA) is 453 Å². The molecule has 622 valence electrons. The molecule has 2 radical (unpaired) electrons. The highest BCUT2D eigenvalue weighted by Crippen LogP contribution is 2.36. The Labute approximate surface area is 694 Å². The van der Waals surface area contributed by atoms with Crippen LogP contribution in [0, 0.1) is 0 Å². The Morgan fingerprint density at radius 2 is 0.908 bits per heavy atom. The first-order valence-corrected chi connectivity index (χ1v) is 39.2. The van der Waals surface area contributed by atoms with Crippen LogP contribution in [0.5, 0.6) is 0 Å². The summed E-state index contributed by atoms with van der Waals surface area (Å²) >= 11 is 11.3.